The Kier molecular flexibility index (Phi) is 3.80. The number of rotatable bonds is 2. The Morgan fingerprint density at radius 3 is 2.57 bits per heavy atom. The van der Waals surface area contributed by atoms with Crippen LogP contribution in [0.5, 0.6) is 0 Å². The summed E-state index contributed by atoms with van der Waals surface area (Å²) in [4.78, 5) is 17.2. The van der Waals surface area contributed by atoms with Gasteiger partial charge in [-0.05, 0) is 29.7 Å². The Balaban J connectivity index is 2.18. The molecule has 0 aliphatic heterocycles. The van der Waals surface area contributed by atoms with E-state index in [4.69, 9.17) is 11.6 Å². The van der Waals surface area contributed by atoms with E-state index in [1.807, 2.05) is 36.4 Å². The lowest BCUT2D eigenvalue weighted by atomic mass is 9.97. The molecule has 0 amide bonds. The maximum Gasteiger partial charge on any atom is 0.330 e. The Morgan fingerprint density at radius 2 is 1.91 bits per heavy atom. The standard InChI is InChI=1S/C18H20ClN3O/c1-18(2,3)11-22-15-9-8-14(12-6-5-7-13(19)10-12)20-16(15)21(4)17(22)23/h5-10H,11H2,1-4H3. The van der Waals surface area contributed by atoms with Gasteiger partial charge in [0.05, 0.1) is 11.2 Å². The lowest BCUT2D eigenvalue weighted by Crippen LogP contribution is -2.27. The summed E-state index contributed by atoms with van der Waals surface area (Å²) < 4.78 is 3.40. The Morgan fingerprint density at radius 1 is 1.17 bits per heavy atom. The molecule has 3 rings (SSSR count). The van der Waals surface area contributed by atoms with Crippen LogP contribution in [-0.4, -0.2) is 14.1 Å². The topological polar surface area (TPSA) is 39.8 Å². The van der Waals surface area contributed by atoms with Crippen LogP contribution in [0.1, 0.15) is 20.8 Å². The number of aromatic nitrogens is 3. The third-order valence-corrected chi connectivity index (χ3v) is 3.97. The SMILES string of the molecule is Cn1c(=O)n(CC(C)(C)C)c2ccc(-c3cccc(Cl)c3)nc21. The summed E-state index contributed by atoms with van der Waals surface area (Å²) in [6.45, 7) is 7.01. The second-order valence-corrected chi connectivity index (χ2v) is 7.47. The van der Waals surface area contributed by atoms with E-state index in [-0.39, 0.29) is 11.1 Å². The Labute approximate surface area is 140 Å². The minimum Gasteiger partial charge on any atom is -0.290 e. The summed E-state index contributed by atoms with van der Waals surface area (Å²) in [5.41, 5.74) is 3.28. The number of benzene rings is 1. The molecule has 23 heavy (non-hydrogen) atoms. The fourth-order valence-corrected chi connectivity index (χ4v) is 2.90. The van der Waals surface area contributed by atoms with Crippen molar-refractivity contribution in [2.45, 2.75) is 27.3 Å². The van der Waals surface area contributed by atoms with Crippen LogP contribution in [0, 0.1) is 5.41 Å². The van der Waals surface area contributed by atoms with Gasteiger partial charge >= 0.3 is 5.69 Å². The first-order valence-corrected chi connectivity index (χ1v) is 7.96. The molecule has 2 aromatic heterocycles. The summed E-state index contributed by atoms with van der Waals surface area (Å²) in [5, 5.41) is 0.670. The van der Waals surface area contributed by atoms with Gasteiger partial charge in [0.25, 0.3) is 0 Å². The lowest BCUT2D eigenvalue weighted by molar-refractivity contribution is 0.342. The van der Waals surface area contributed by atoms with Crippen molar-refractivity contribution in [3.05, 3.63) is 51.9 Å². The molecule has 1 aromatic carbocycles. The second kappa shape index (κ2) is 5.53. The minimum atomic E-state index is -0.0364. The average Bonchev–Trinajstić information content (AvgIpc) is 2.71. The molecule has 4 nitrogen and oxygen atoms in total. The average molecular weight is 330 g/mol. The van der Waals surface area contributed by atoms with Gasteiger partial charge in [-0.2, -0.15) is 0 Å². The molecule has 0 aliphatic carbocycles. The summed E-state index contributed by atoms with van der Waals surface area (Å²) in [7, 11) is 1.76. The van der Waals surface area contributed by atoms with E-state index in [0.29, 0.717) is 17.2 Å². The zero-order chi connectivity index (χ0) is 16.8. The first-order chi connectivity index (χ1) is 10.8. The fraction of sp³-hybridized carbons (Fsp3) is 0.333. The second-order valence-electron chi connectivity index (χ2n) is 7.04. The normalized spacial score (nSPS) is 12.0. The third kappa shape index (κ3) is 3.04. The van der Waals surface area contributed by atoms with Crippen molar-refractivity contribution < 1.29 is 0 Å². The first kappa shape index (κ1) is 15.8. The molecule has 0 bridgehead atoms. The number of aryl methyl sites for hydroxylation is 1. The van der Waals surface area contributed by atoms with Crippen LogP contribution in [-0.2, 0) is 13.6 Å². The molecule has 120 valence electrons. The highest BCUT2D eigenvalue weighted by atomic mass is 35.5. The van der Waals surface area contributed by atoms with Crippen LogP contribution in [0.15, 0.2) is 41.2 Å². The lowest BCUT2D eigenvalue weighted by Gasteiger charge is -2.18. The minimum absolute atomic E-state index is 0.0176. The van der Waals surface area contributed by atoms with Crippen LogP contribution in [0.4, 0.5) is 0 Å². The predicted octanol–water partition coefficient (Wildman–Crippen LogP) is 4.10. The summed E-state index contributed by atoms with van der Waals surface area (Å²) >= 11 is 6.06. The number of nitrogens with zero attached hydrogens (tertiary/aromatic N) is 3. The molecule has 0 spiro atoms. The highest BCUT2D eigenvalue weighted by Gasteiger charge is 2.18. The molecule has 0 atom stereocenters. The van der Waals surface area contributed by atoms with Crippen molar-refractivity contribution in [1.29, 1.82) is 0 Å². The van der Waals surface area contributed by atoms with Gasteiger partial charge in [-0.15, -0.1) is 0 Å². The first-order valence-electron chi connectivity index (χ1n) is 7.58. The van der Waals surface area contributed by atoms with Gasteiger partial charge in [0.2, 0.25) is 0 Å². The third-order valence-electron chi connectivity index (χ3n) is 3.73. The molecule has 5 heteroatoms. The number of hydrogen-bond acceptors (Lipinski definition) is 2. The largest absolute Gasteiger partial charge is 0.330 e. The van der Waals surface area contributed by atoms with Crippen LogP contribution < -0.4 is 5.69 Å². The zero-order valence-corrected chi connectivity index (χ0v) is 14.6. The Hall–Kier alpha value is -2.07. The van der Waals surface area contributed by atoms with Crippen LogP contribution in [0.2, 0.25) is 5.02 Å². The van der Waals surface area contributed by atoms with Gasteiger partial charge in [-0.25, -0.2) is 9.78 Å². The molecular formula is C18H20ClN3O. The smallest absolute Gasteiger partial charge is 0.290 e. The summed E-state index contributed by atoms with van der Waals surface area (Å²) in [6, 6.07) is 11.5. The van der Waals surface area contributed by atoms with E-state index in [1.165, 1.54) is 0 Å². The molecule has 0 unspecified atom stereocenters. The molecule has 0 aliphatic rings. The zero-order valence-electron chi connectivity index (χ0n) is 13.8. The van der Waals surface area contributed by atoms with E-state index >= 15 is 0 Å². The maximum absolute atomic E-state index is 12.5. The molecular weight excluding hydrogens is 310 g/mol. The van der Waals surface area contributed by atoms with E-state index in [0.717, 1.165) is 16.8 Å². The van der Waals surface area contributed by atoms with Crippen LogP contribution in [0.3, 0.4) is 0 Å². The van der Waals surface area contributed by atoms with E-state index in [9.17, 15) is 4.79 Å². The van der Waals surface area contributed by atoms with Crippen molar-refractivity contribution in [2.24, 2.45) is 12.5 Å². The number of hydrogen-bond donors (Lipinski definition) is 0. The summed E-state index contributed by atoms with van der Waals surface area (Å²) in [5.74, 6) is 0. The molecule has 2 heterocycles. The number of pyridine rings is 1. The van der Waals surface area contributed by atoms with Crippen LogP contribution >= 0.6 is 11.6 Å². The quantitative estimate of drug-likeness (QED) is 0.710. The predicted molar refractivity (Wildman–Crippen MR) is 94.9 cm³/mol. The van der Waals surface area contributed by atoms with Crippen molar-refractivity contribution in [3.8, 4) is 11.3 Å². The number of imidazole rings is 1. The fourth-order valence-electron chi connectivity index (χ4n) is 2.71. The van der Waals surface area contributed by atoms with Crippen LogP contribution in [0.25, 0.3) is 22.4 Å². The monoisotopic (exact) mass is 329 g/mol. The van der Waals surface area contributed by atoms with Gasteiger partial charge in [0.1, 0.15) is 0 Å². The van der Waals surface area contributed by atoms with Gasteiger partial charge in [-0.3, -0.25) is 9.13 Å². The molecule has 0 radical (unpaired) electrons. The van der Waals surface area contributed by atoms with Gasteiger partial charge in [0, 0.05) is 24.2 Å². The molecule has 0 fully saturated rings. The van der Waals surface area contributed by atoms with Gasteiger partial charge in [-0.1, -0.05) is 44.5 Å². The maximum atomic E-state index is 12.5. The molecule has 0 saturated carbocycles. The van der Waals surface area contributed by atoms with Crippen molar-refractivity contribution in [3.63, 3.8) is 0 Å². The van der Waals surface area contributed by atoms with Crippen molar-refractivity contribution in [1.82, 2.24) is 14.1 Å². The molecule has 0 saturated heterocycles. The molecule has 0 N–H and O–H groups in total. The number of fused-ring (bicyclic) bond motifs is 1. The summed E-state index contributed by atoms with van der Waals surface area (Å²) in [6.07, 6.45) is 0. The highest BCUT2D eigenvalue weighted by molar-refractivity contribution is 6.30. The molecule has 3 aromatic rings. The number of halogens is 1. The van der Waals surface area contributed by atoms with E-state index < -0.39 is 0 Å². The van der Waals surface area contributed by atoms with Gasteiger partial charge < -0.3 is 0 Å². The van der Waals surface area contributed by atoms with E-state index in [2.05, 4.69) is 25.8 Å². The van der Waals surface area contributed by atoms with Crippen molar-refractivity contribution in [2.75, 3.05) is 0 Å². The Bertz CT molecular complexity index is 932. The van der Waals surface area contributed by atoms with Crippen molar-refractivity contribution >= 4 is 22.8 Å². The van der Waals surface area contributed by atoms with E-state index in [1.54, 1.807) is 16.2 Å². The van der Waals surface area contributed by atoms with Gasteiger partial charge in [0.15, 0.2) is 5.65 Å². The highest BCUT2D eigenvalue weighted by Crippen LogP contribution is 2.24.